The fourth-order valence-electron chi connectivity index (χ4n) is 3.04. The molecule has 1 N–H and O–H groups in total. The smallest absolute Gasteiger partial charge is 0.0967 e. The van der Waals surface area contributed by atoms with Crippen molar-refractivity contribution in [2.75, 3.05) is 13.1 Å². The standard InChI is InChI=1S/C16H31N3/c1-13(2)12-19(16-7-5-6-8-16)10-9-15(11-17)18-14(3)4/h13-16,18H,5-10,12H2,1-4H3. The van der Waals surface area contributed by atoms with Crippen LogP contribution in [0.3, 0.4) is 0 Å². The van der Waals surface area contributed by atoms with Gasteiger partial charge in [-0.15, -0.1) is 0 Å². The summed E-state index contributed by atoms with van der Waals surface area (Å²) in [7, 11) is 0. The zero-order chi connectivity index (χ0) is 14.3. The van der Waals surface area contributed by atoms with Gasteiger partial charge in [-0.1, -0.05) is 26.7 Å². The van der Waals surface area contributed by atoms with Crippen molar-refractivity contribution in [3.05, 3.63) is 0 Å². The van der Waals surface area contributed by atoms with Crippen LogP contribution in [0.5, 0.6) is 0 Å². The molecule has 0 spiro atoms. The van der Waals surface area contributed by atoms with Crippen LogP contribution in [0, 0.1) is 17.2 Å². The first-order valence-electron chi connectivity index (χ1n) is 7.92. The summed E-state index contributed by atoms with van der Waals surface area (Å²) < 4.78 is 0. The van der Waals surface area contributed by atoms with Crippen molar-refractivity contribution in [3.8, 4) is 6.07 Å². The van der Waals surface area contributed by atoms with E-state index in [0.717, 1.165) is 19.0 Å². The summed E-state index contributed by atoms with van der Waals surface area (Å²) in [4.78, 5) is 2.63. The molecular weight excluding hydrogens is 234 g/mol. The molecule has 0 aliphatic heterocycles. The lowest BCUT2D eigenvalue weighted by Crippen LogP contribution is -2.41. The summed E-state index contributed by atoms with van der Waals surface area (Å²) in [5.41, 5.74) is 0. The molecule has 0 amide bonds. The molecule has 1 aliphatic rings. The van der Waals surface area contributed by atoms with E-state index in [1.54, 1.807) is 0 Å². The topological polar surface area (TPSA) is 39.1 Å². The molecule has 110 valence electrons. The summed E-state index contributed by atoms with van der Waals surface area (Å²) in [5, 5.41) is 12.5. The van der Waals surface area contributed by atoms with Gasteiger partial charge in [-0.3, -0.25) is 5.32 Å². The van der Waals surface area contributed by atoms with E-state index in [-0.39, 0.29) is 6.04 Å². The molecule has 0 aromatic heterocycles. The Morgan fingerprint density at radius 3 is 2.32 bits per heavy atom. The molecule has 1 aliphatic carbocycles. The highest BCUT2D eigenvalue weighted by Gasteiger charge is 2.23. The Morgan fingerprint density at radius 2 is 1.84 bits per heavy atom. The van der Waals surface area contributed by atoms with Gasteiger partial charge in [0.25, 0.3) is 0 Å². The Bertz CT molecular complexity index is 274. The minimum Gasteiger partial charge on any atom is -0.300 e. The second-order valence-corrected chi connectivity index (χ2v) is 6.62. The third-order valence-electron chi connectivity index (χ3n) is 3.84. The fourth-order valence-corrected chi connectivity index (χ4v) is 3.04. The van der Waals surface area contributed by atoms with Crippen molar-refractivity contribution in [2.24, 2.45) is 5.92 Å². The van der Waals surface area contributed by atoms with Crippen LogP contribution in [0.2, 0.25) is 0 Å². The highest BCUT2D eigenvalue weighted by atomic mass is 15.2. The predicted octanol–water partition coefficient (Wildman–Crippen LogP) is 3.17. The third kappa shape index (κ3) is 6.40. The molecule has 0 aromatic rings. The van der Waals surface area contributed by atoms with Crippen LogP contribution in [-0.2, 0) is 0 Å². The Balaban J connectivity index is 2.45. The first-order valence-corrected chi connectivity index (χ1v) is 7.92. The molecule has 0 saturated heterocycles. The number of hydrogen-bond donors (Lipinski definition) is 1. The summed E-state index contributed by atoms with van der Waals surface area (Å²) in [5.74, 6) is 0.708. The molecular formula is C16H31N3. The monoisotopic (exact) mass is 265 g/mol. The van der Waals surface area contributed by atoms with Crippen molar-refractivity contribution in [1.29, 1.82) is 5.26 Å². The van der Waals surface area contributed by atoms with E-state index in [9.17, 15) is 5.26 Å². The van der Waals surface area contributed by atoms with Gasteiger partial charge in [0.2, 0.25) is 0 Å². The van der Waals surface area contributed by atoms with Gasteiger partial charge in [0.15, 0.2) is 0 Å². The number of hydrogen-bond acceptors (Lipinski definition) is 3. The van der Waals surface area contributed by atoms with Crippen molar-refractivity contribution < 1.29 is 0 Å². The maximum atomic E-state index is 9.20. The summed E-state index contributed by atoms with van der Waals surface area (Å²) >= 11 is 0. The molecule has 1 saturated carbocycles. The minimum atomic E-state index is -0.00364. The lowest BCUT2D eigenvalue weighted by atomic mass is 10.1. The fraction of sp³-hybridized carbons (Fsp3) is 0.938. The molecule has 0 bridgehead atoms. The SMILES string of the molecule is CC(C)CN(CCC(C#N)NC(C)C)C1CCCC1. The number of nitrogens with one attached hydrogen (secondary N) is 1. The quantitative estimate of drug-likeness (QED) is 0.732. The summed E-state index contributed by atoms with van der Waals surface area (Å²) in [6.45, 7) is 11.0. The Hall–Kier alpha value is -0.590. The predicted molar refractivity (Wildman–Crippen MR) is 81.0 cm³/mol. The van der Waals surface area contributed by atoms with Gasteiger partial charge in [0.1, 0.15) is 0 Å². The molecule has 1 atom stereocenters. The number of rotatable bonds is 8. The van der Waals surface area contributed by atoms with E-state index in [0.29, 0.717) is 12.0 Å². The van der Waals surface area contributed by atoms with Crippen LogP contribution in [0.1, 0.15) is 59.8 Å². The summed E-state index contributed by atoms with van der Waals surface area (Å²) in [6, 6.07) is 3.54. The molecule has 3 heteroatoms. The van der Waals surface area contributed by atoms with Gasteiger partial charge in [-0.05, 0) is 39.0 Å². The molecule has 1 fully saturated rings. The zero-order valence-electron chi connectivity index (χ0n) is 13.2. The normalized spacial score (nSPS) is 18.4. The number of nitrogens with zero attached hydrogens (tertiary/aromatic N) is 2. The average Bonchev–Trinajstić information content (AvgIpc) is 2.85. The van der Waals surface area contributed by atoms with Gasteiger partial charge >= 0.3 is 0 Å². The van der Waals surface area contributed by atoms with Crippen molar-refractivity contribution >= 4 is 0 Å². The number of nitriles is 1. The van der Waals surface area contributed by atoms with Crippen molar-refractivity contribution in [3.63, 3.8) is 0 Å². The van der Waals surface area contributed by atoms with Crippen LogP contribution in [0.4, 0.5) is 0 Å². The van der Waals surface area contributed by atoms with Gasteiger partial charge in [0.05, 0.1) is 12.1 Å². The van der Waals surface area contributed by atoms with Crippen LogP contribution < -0.4 is 5.32 Å². The van der Waals surface area contributed by atoms with Gasteiger partial charge in [-0.25, -0.2) is 0 Å². The first kappa shape index (κ1) is 16.5. The lowest BCUT2D eigenvalue weighted by molar-refractivity contribution is 0.171. The second-order valence-electron chi connectivity index (χ2n) is 6.62. The van der Waals surface area contributed by atoms with Crippen LogP contribution in [-0.4, -0.2) is 36.1 Å². The third-order valence-corrected chi connectivity index (χ3v) is 3.84. The maximum absolute atomic E-state index is 9.20. The van der Waals surface area contributed by atoms with E-state index >= 15 is 0 Å². The van der Waals surface area contributed by atoms with Crippen LogP contribution in [0.15, 0.2) is 0 Å². The average molecular weight is 265 g/mol. The van der Waals surface area contributed by atoms with E-state index in [2.05, 4.69) is 44.0 Å². The molecule has 0 heterocycles. The molecule has 0 radical (unpaired) electrons. The molecule has 3 nitrogen and oxygen atoms in total. The van der Waals surface area contributed by atoms with Gasteiger partial charge in [-0.2, -0.15) is 5.26 Å². The van der Waals surface area contributed by atoms with Crippen molar-refractivity contribution in [2.45, 2.75) is 77.9 Å². The van der Waals surface area contributed by atoms with Crippen LogP contribution in [0.25, 0.3) is 0 Å². The zero-order valence-corrected chi connectivity index (χ0v) is 13.2. The summed E-state index contributed by atoms with van der Waals surface area (Å²) in [6.07, 6.45) is 6.40. The highest BCUT2D eigenvalue weighted by molar-refractivity contribution is 4.92. The maximum Gasteiger partial charge on any atom is 0.0967 e. The molecule has 1 rings (SSSR count). The van der Waals surface area contributed by atoms with E-state index in [4.69, 9.17) is 0 Å². The first-order chi connectivity index (χ1) is 9.02. The van der Waals surface area contributed by atoms with Crippen molar-refractivity contribution in [1.82, 2.24) is 10.2 Å². The van der Waals surface area contributed by atoms with Crippen LogP contribution >= 0.6 is 0 Å². The van der Waals surface area contributed by atoms with Gasteiger partial charge < -0.3 is 4.90 Å². The molecule has 0 aromatic carbocycles. The highest BCUT2D eigenvalue weighted by Crippen LogP contribution is 2.24. The van der Waals surface area contributed by atoms with E-state index in [1.165, 1.54) is 32.2 Å². The Labute approximate surface area is 119 Å². The second kappa shape index (κ2) is 8.55. The Morgan fingerprint density at radius 1 is 1.21 bits per heavy atom. The van der Waals surface area contributed by atoms with E-state index in [1.807, 2.05) is 0 Å². The largest absolute Gasteiger partial charge is 0.300 e. The lowest BCUT2D eigenvalue weighted by Gasteiger charge is -2.31. The molecule has 1 unspecified atom stereocenters. The minimum absolute atomic E-state index is 0.00364. The molecule has 19 heavy (non-hydrogen) atoms. The van der Waals surface area contributed by atoms with Gasteiger partial charge in [0, 0.05) is 25.2 Å². The van der Waals surface area contributed by atoms with E-state index < -0.39 is 0 Å². The Kier molecular flexibility index (Phi) is 7.41.